The number of amides is 1. The van der Waals surface area contributed by atoms with Crippen LogP contribution < -0.4 is 5.32 Å². The number of nitrogens with one attached hydrogen (secondary N) is 1. The van der Waals surface area contributed by atoms with Crippen LogP contribution in [0.15, 0.2) is 45.8 Å². The zero-order valence-electron chi connectivity index (χ0n) is 11.4. The summed E-state index contributed by atoms with van der Waals surface area (Å²) in [7, 11) is 0. The molecule has 3 rings (SSSR count). The average molecular weight is 360 g/mol. The Morgan fingerprint density at radius 3 is 2.91 bits per heavy atom. The van der Waals surface area contributed by atoms with E-state index in [4.69, 9.17) is 4.52 Å². The number of benzene rings is 1. The molecule has 0 atom stereocenters. The van der Waals surface area contributed by atoms with Gasteiger partial charge in [-0.25, -0.2) is 4.98 Å². The molecule has 8 heteroatoms. The van der Waals surface area contributed by atoms with Gasteiger partial charge in [-0.05, 0) is 30.7 Å². The van der Waals surface area contributed by atoms with Crippen molar-refractivity contribution < 1.29 is 9.32 Å². The lowest BCUT2D eigenvalue weighted by atomic mass is 10.2. The molecule has 0 spiro atoms. The van der Waals surface area contributed by atoms with E-state index in [9.17, 15) is 4.79 Å². The quantitative estimate of drug-likeness (QED) is 0.772. The highest BCUT2D eigenvalue weighted by Gasteiger charge is 2.17. The molecule has 0 saturated carbocycles. The Labute approximate surface area is 133 Å². The molecule has 0 unspecified atom stereocenters. The third-order valence-electron chi connectivity index (χ3n) is 2.83. The van der Waals surface area contributed by atoms with Crippen LogP contribution >= 0.6 is 15.9 Å². The summed E-state index contributed by atoms with van der Waals surface area (Å²) >= 11 is 3.40. The molecule has 0 radical (unpaired) electrons. The van der Waals surface area contributed by atoms with Gasteiger partial charge in [0.25, 0.3) is 0 Å². The highest BCUT2D eigenvalue weighted by Crippen LogP contribution is 2.20. The zero-order chi connectivity index (χ0) is 15.5. The molecule has 1 aromatic carbocycles. The first kappa shape index (κ1) is 14.3. The van der Waals surface area contributed by atoms with Crippen LogP contribution in [0.5, 0.6) is 0 Å². The number of hydrogen-bond donors (Lipinski definition) is 1. The molecule has 0 saturated heterocycles. The fraction of sp³-hybridized carbons (Fsp3) is 0.0714. The van der Waals surface area contributed by atoms with Crippen LogP contribution in [0.1, 0.15) is 16.2 Å². The van der Waals surface area contributed by atoms with E-state index < -0.39 is 5.91 Å². The smallest absolute Gasteiger partial charge is 0.316 e. The third-order valence-corrected chi connectivity index (χ3v) is 3.72. The van der Waals surface area contributed by atoms with Gasteiger partial charge in [0.15, 0.2) is 0 Å². The van der Waals surface area contributed by atoms with Crippen LogP contribution in [-0.4, -0.2) is 26.0 Å². The van der Waals surface area contributed by atoms with Crippen molar-refractivity contribution in [3.63, 3.8) is 0 Å². The number of anilines is 1. The van der Waals surface area contributed by atoms with Crippen molar-refractivity contribution in [1.82, 2.24) is 20.1 Å². The molecule has 2 aromatic heterocycles. The summed E-state index contributed by atoms with van der Waals surface area (Å²) in [5, 5.41) is 6.42. The lowest BCUT2D eigenvalue weighted by Crippen LogP contribution is -2.12. The lowest BCUT2D eigenvalue weighted by molar-refractivity contribution is 0.0981. The fourth-order valence-corrected chi connectivity index (χ4v) is 1.99. The Bertz CT molecular complexity index is 819. The van der Waals surface area contributed by atoms with Gasteiger partial charge in [-0.3, -0.25) is 9.78 Å². The second-order valence-corrected chi connectivity index (χ2v) is 5.29. The highest BCUT2D eigenvalue weighted by atomic mass is 79.9. The molecule has 1 N–H and O–H groups in total. The normalized spacial score (nSPS) is 10.5. The summed E-state index contributed by atoms with van der Waals surface area (Å²) in [5.41, 5.74) is 2.08. The summed E-state index contributed by atoms with van der Waals surface area (Å²) in [4.78, 5) is 24.1. The number of hydrogen-bond acceptors (Lipinski definition) is 6. The Kier molecular flexibility index (Phi) is 3.92. The summed E-state index contributed by atoms with van der Waals surface area (Å²) in [6, 6.07) is 5.46. The van der Waals surface area contributed by atoms with E-state index in [1.54, 1.807) is 6.07 Å². The van der Waals surface area contributed by atoms with E-state index in [-0.39, 0.29) is 11.7 Å². The standard InChI is InChI=1S/C14H10BrN5O2/c1-8-6-9(2-3-10(8)15)18-13(21)14-19-12(20-22-14)11-7-16-4-5-17-11/h2-7H,1H3,(H,18,21). The average Bonchev–Trinajstić information content (AvgIpc) is 3.02. The summed E-state index contributed by atoms with van der Waals surface area (Å²) in [5.74, 6) is -0.407. The molecule has 22 heavy (non-hydrogen) atoms. The van der Waals surface area contributed by atoms with Crippen molar-refractivity contribution in [2.75, 3.05) is 5.32 Å². The van der Waals surface area contributed by atoms with Gasteiger partial charge < -0.3 is 9.84 Å². The largest absolute Gasteiger partial charge is 0.328 e. The molecular formula is C14H10BrN5O2. The van der Waals surface area contributed by atoms with Crippen LogP contribution in [0.4, 0.5) is 5.69 Å². The number of rotatable bonds is 3. The molecule has 110 valence electrons. The maximum Gasteiger partial charge on any atom is 0.316 e. The first-order valence-corrected chi connectivity index (χ1v) is 7.10. The van der Waals surface area contributed by atoms with Gasteiger partial charge in [0.05, 0.1) is 6.20 Å². The van der Waals surface area contributed by atoms with E-state index in [2.05, 4.69) is 41.4 Å². The van der Waals surface area contributed by atoms with Crippen molar-refractivity contribution >= 4 is 27.5 Å². The van der Waals surface area contributed by atoms with Gasteiger partial charge in [0, 0.05) is 22.6 Å². The van der Waals surface area contributed by atoms with Gasteiger partial charge in [-0.2, -0.15) is 4.98 Å². The minimum Gasteiger partial charge on any atom is -0.328 e. The Morgan fingerprint density at radius 1 is 1.32 bits per heavy atom. The number of aromatic nitrogens is 4. The molecular weight excluding hydrogens is 350 g/mol. The van der Waals surface area contributed by atoms with Crippen molar-refractivity contribution in [2.24, 2.45) is 0 Å². The van der Waals surface area contributed by atoms with E-state index in [1.807, 2.05) is 19.1 Å². The van der Waals surface area contributed by atoms with Crippen LogP contribution in [-0.2, 0) is 0 Å². The van der Waals surface area contributed by atoms with Crippen LogP contribution in [0.2, 0.25) is 0 Å². The second kappa shape index (κ2) is 6.02. The van der Waals surface area contributed by atoms with Crippen molar-refractivity contribution in [2.45, 2.75) is 6.92 Å². The maximum atomic E-state index is 12.1. The summed E-state index contributed by atoms with van der Waals surface area (Å²) in [6.07, 6.45) is 4.54. The number of halogens is 1. The molecule has 0 fully saturated rings. The Hall–Kier alpha value is -2.61. The molecule has 2 heterocycles. The van der Waals surface area contributed by atoms with E-state index in [0.717, 1.165) is 10.0 Å². The van der Waals surface area contributed by atoms with Gasteiger partial charge in [0.1, 0.15) is 5.69 Å². The van der Waals surface area contributed by atoms with E-state index >= 15 is 0 Å². The highest BCUT2D eigenvalue weighted by molar-refractivity contribution is 9.10. The topological polar surface area (TPSA) is 93.8 Å². The Morgan fingerprint density at radius 2 is 2.18 bits per heavy atom. The van der Waals surface area contributed by atoms with Gasteiger partial charge >= 0.3 is 11.8 Å². The molecule has 0 aliphatic heterocycles. The predicted molar refractivity (Wildman–Crippen MR) is 82.2 cm³/mol. The SMILES string of the molecule is Cc1cc(NC(=O)c2nc(-c3cnccn3)no2)ccc1Br. The van der Waals surface area contributed by atoms with E-state index in [1.165, 1.54) is 18.6 Å². The number of aryl methyl sites for hydroxylation is 1. The van der Waals surface area contributed by atoms with Gasteiger partial charge in [-0.1, -0.05) is 21.1 Å². The van der Waals surface area contributed by atoms with Crippen molar-refractivity contribution in [3.05, 3.63) is 52.7 Å². The zero-order valence-corrected chi connectivity index (χ0v) is 13.0. The molecule has 7 nitrogen and oxygen atoms in total. The summed E-state index contributed by atoms with van der Waals surface area (Å²) in [6.45, 7) is 1.93. The predicted octanol–water partition coefficient (Wildman–Crippen LogP) is 2.85. The molecule has 0 bridgehead atoms. The molecule has 0 aliphatic rings. The summed E-state index contributed by atoms with van der Waals surface area (Å²) < 4.78 is 5.92. The van der Waals surface area contributed by atoms with Crippen LogP contribution in [0.25, 0.3) is 11.5 Å². The first-order valence-electron chi connectivity index (χ1n) is 6.31. The van der Waals surface area contributed by atoms with Crippen LogP contribution in [0.3, 0.4) is 0 Å². The van der Waals surface area contributed by atoms with Crippen molar-refractivity contribution in [3.8, 4) is 11.5 Å². The molecule has 1 amide bonds. The molecule has 3 aromatic rings. The first-order chi connectivity index (χ1) is 10.6. The van der Waals surface area contributed by atoms with Gasteiger partial charge in [0.2, 0.25) is 5.82 Å². The van der Waals surface area contributed by atoms with Crippen LogP contribution in [0, 0.1) is 6.92 Å². The monoisotopic (exact) mass is 359 g/mol. The third kappa shape index (κ3) is 3.01. The van der Waals surface area contributed by atoms with Crippen molar-refractivity contribution in [1.29, 1.82) is 0 Å². The van der Waals surface area contributed by atoms with Gasteiger partial charge in [-0.15, -0.1) is 0 Å². The maximum absolute atomic E-state index is 12.1. The number of carbonyl (C=O) groups excluding carboxylic acids is 1. The number of carbonyl (C=O) groups is 1. The second-order valence-electron chi connectivity index (χ2n) is 4.43. The fourth-order valence-electron chi connectivity index (χ4n) is 1.74. The van der Waals surface area contributed by atoms with E-state index in [0.29, 0.717) is 11.4 Å². The molecule has 0 aliphatic carbocycles. The minimum atomic E-state index is -0.482. The number of nitrogens with zero attached hydrogens (tertiary/aromatic N) is 4. The minimum absolute atomic E-state index is 0.138. The lowest BCUT2D eigenvalue weighted by Gasteiger charge is -2.04. The Balaban J connectivity index is 1.78.